The van der Waals surface area contributed by atoms with E-state index in [-0.39, 0.29) is 16.9 Å². The first-order valence-corrected chi connectivity index (χ1v) is 12.0. The van der Waals surface area contributed by atoms with Crippen molar-refractivity contribution in [1.29, 1.82) is 0 Å². The van der Waals surface area contributed by atoms with Crippen LogP contribution in [0, 0.1) is 5.92 Å². The van der Waals surface area contributed by atoms with Crippen LogP contribution in [0.25, 0.3) is 33.4 Å². The predicted octanol–water partition coefficient (Wildman–Crippen LogP) is 7.21. The van der Waals surface area contributed by atoms with E-state index in [0.29, 0.717) is 18.3 Å². The highest BCUT2D eigenvalue weighted by Gasteiger charge is 2.18. The first kappa shape index (κ1) is 25.5. The molecule has 4 aromatic carbocycles. The fraction of sp³-hybridized carbons (Fsp3) is 0.161. The fourth-order valence-electron chi connectivity index (χ4n) is 3.96. The largest absolute Gasteiger partial charge is 0.508 e. The van der Waals surface area contributed by atoms with E-state index in [1.165, 1.54) is 0 Å². The number of carboxylic acids is 2. The fourth-order valence-corrected chi connectivity index (χ4v) is 3.96. The molecule has 6 nitrogen and oxygen atoms in total. The van der Waals surface area contributed by atoms with E-state index in [0.717, 1.165) is 39.8 Å². The number of ether oxygens (including phenoxy) is 1. The topological polar surface area (TPSA) is 104 Å². The average molecular weight is 497 g/mol. The zero-order chi connectivity index (χ0) is 26.5. The Bertz CT molecular complexity index is 1400. The number of carbonyl (C=O) groups is 2. The van der Waals surface area contributed by atoms with Crippen molar-refractivity contribution in [2.75, 3.05) is 6.61 Å². The average Bonchev–Trinajstić information content (AvgIpc) is 2.91. The Morgan fingerprint density at radius 3 is 1.57 bits per heavy atom. The number of phenolic OH excluding ortho intramolecular Hbond substituents is 1. The van der Waals surface area contributed by atoms with E-state index >= 15 is 0 Å². The minimum absolute atomic E-state index is 0.149. The smallest absolute Gasteiger partial charge is 0.335 e. The molecule has 0 bridgehead atoms. The van der Waals surface area contributed by atoms with Crippen LogP contribution in [0.3, 0.4) is 0 Å². The van der Waals surface area contributed by atoms with Gasteiger partial charge in [-0.1, -0.05) is 56.7 Å². The van der Waals surface area contributed by atoms with Crippen molar-refractivity contribution >= 4 is 11.9 Å². The maximum absolute atomic E-state index is 11.4. The maximum atomic E-state index is 11.4. The molecule has 188 valence electrons. The number of aromatic carboxylic acids is 2. The van der Waals surface area contributed by atoms with Crippen molar-refractivity contribution in [2.24, 2.45) is 5.92 Å². The molecule has 0 amide bonds. The maximum Gasteiger partial charge on any atom is 0.335 e. The molecule has 1 unspecified atom stereocenters. The van der Waals surface area contributed by atoms with Crippen LogP contribution < -0.4 is 4.74 Å². The highest BCUT2D eigenvalue weighted by molar-refractivity contribution is 5.92. The number of phenols is 1. The molecule has 1 atom stereocenters. The number of rotatable bonds is 9. The number of hydrogen-bond donors (Lipinski definition) is 3. The highest BCUT2D eigenvalue weighted by atomic mass is 16.5. The zero-order valence-corrected chi connectivity index (χ0v) is 20.6. The van der Waals surface area contributed by atoms with Crippen molar-refractivity contribution in [3.8, 4) is 44.9 Å². The lowest BCUT2D eigenvalue weighted by Gasteiger charge is -2.21. The number of aromatic hydroxyl groups is 1. The normalized spacial score (nSPS) is 11.6. The summed E-state index contributed by atoms with van der Waals surface area (Å²) in [6.07, 6.45) is 0.950. The third kappa shape index (κ3) is 5.81. The Hall–Kier alpha value is -4.58. The van der Waals surface area contributed by atoms with Gasteiger partial charge in [-0.3, -0.25) is 0 Å². The summed E-state index contributed by atoms with van der Waals surface area (Å²) in [5, 5.41) is 28.5. The second-order valence-electron chi connectivity index (χ2n) is 9.04. The monoisotopic (exact) mass is 496 g/mol. The summed E-state index contributed by atoms with van der Waals surface area (Å²) in [6.45, 7) is 4.71. The summed E-state index contributed by atoms with van der Waals surface area (Å²) in [5.74, 6) is -0.880. The molecule has 4 aromatic rings. The summed E-state index contributed by atoms with van der Waals surface area (Å²) in [4.78, 5) is 22.8. The van der Waals surface area contributed by atoms with Crippen molar-refractivity contribution in [2.45, 2.75) is 20.3 Å². The van der Waals surface area contributed by atoms with Crippen molar-refractivity contribution < 1.29 is 29.6 Å². The Kier molecular flexibility index (Phi) is 7.58. The quantitative estimate of drug-likeness (QED) is 0.226. The van der Waals surface area contributed by atoms with Gasteiger partial charge >= 0.3 is 11.9 Å². The second-order valence-corrected chi connectivity index (χ2v) is 9.04. The van der Waals surface area contributed by atoms with Crippen molar-refractivity contribution in [3.05, 3.63) is 96.1 Å². The van der Waals surface area contributed by atoms with Gasteiger partial charge < -0.3 is 20.1 Å². The lowest BCUT2D eigenvalue weighted by molar-refractivity contribution is 0.0686. The van der Waals surface area contributed by atoms with Gasteiger partial charge in [-0.25, -0.2) is 9.59 Å². The molecule has 0 aliphatic heterocycles. The lowest BCUT2D eigenvalue weighted by atomic mass is 9.91. The van der Waals surface area contributed by atoms with Crippen LogP contribution in [0.5, 0.6) is 11.5 Å². The molecule has 0 saturated heterocycles. The lowest BCUT2D eigenvalue weighted by Crippen LogP contribution is -2.09. The molecule has 0 aromatic heterocycles. The molecule has 0 saturated carbocycles. The number of hydrogen-bond acceptors (Lipinski definition) is 4. The number of benzene rings is 4. The Labute approximate surface area is 215 Å². The third-order valence-corrected chi connectivity index (χ3v) is 6.38. The van der Waals surface area contributed by atoms with Gasteiger partial charge in [0.05, 0.1) is 17.7 Å². The Morgan fingerprint density at radius 1 is 0.703 bits per heavy atom. The molecule has 0 aliphatic carbocycles. The summed E-state index contributed by atoms with van der Waals surface area (Å²) in [7, 11) is 0. The minimum atomic E-state index is -1.00. The van der Waals surface area contributed by atoms with E-state index in [1.54, 1.807) is 60.7 Å². The first-order valence-electron chi connectivity index (χ1n) is 12.0. The van der Waals surface area contributed by atoms with Gasteiger partial charge in [0, 0.05) is 11.1 Å². The molecular formula is C31H28O6. The van der Waals surface area contributed by atoms with E-state index < -0.39 is 11.9 Å². The molecule has 0 heterocycles. The summed E-state index contributed by atoms with van der Waals surface area (Å²) in [6, 6.07) is 24.1. The molecule has 0 radical (unpaired) electrons. The van der Waals surface area contributed by atoms with E-state index in [1.807, 2.05) is 24.3 Å². The molecular weight excluding hydrogens is 468 g/mol. The van der Waals surface area contributed by atoms with Gasteiger partial charge in [-0.2, -0.15) is 0 Å². The molecule has 4 rings (SSSR count). The van der Waals surface area contributed by atoms with Crippen LogP contribution >= 0.6 is 0 Å². The van der Waals surface area contributed by atoms with Crippen LogP contribution in [0.15, 0.2) is 84.9 Å². The standard InChI is InChI=1S/C31H28O6/c1-3-19(2)18-37-29-27(21-6-10-24(11-7-21)31(35)36)16-25(20-4-8-23(9-5-20)30(33)34)17-28(29)22-12-14-26(32)15-13-22/h4-17,19,32H,3,18H2,1-2H3,(H,33,34)(H,35,36). The van der Waals surface area contributed by atoms with Crippen LogP contribution in [0.4, 0.5) is 0 Å². The SMILES string of the molecule is CCC(C)COc1c(-c2ccc(O)cc2)cc(-c2ccc(C(=O)O)cc2)cc1-c1ccc(C(=O)O)cc1. The Balaban J connectivity index is 1.95. The zero-order valence-electron chi connectivity index (χ0n) is 20.6. The van der Waals surface area contributed by atoms with Crippen LogP contribution in [-0.2, 0) is 0 Å². The van der Waals surface area contributed by atoms with Gasteiger partial charge in [0.2, 0.25) is 0 Å². The van der Waals surface area contributed by atoms with E-state index in [2.05, 4.69) is 13.8 Å². The minimum Gasteiger partial charge on any atom is -0.508 e. The van der Waals surface area contributed by atoms with Crippen molar-refractivity contribution in [3.63, 3.8) is 0 Å². The Morgan fingerprint density at radius 2 is 1.14 bits per heavy atom. The molecule has 6 heteroatoms. The predicted molar refractivity (Wildman–Crippen MR) is 143 cm³/mol. The molecule has 3 N–H and O–H groups in total. The molecule has 0 spiro atoms. The first-order chi connectivity index (χ1) is 17.8. The van der Waals surface area contributed by atoms with Gasteiger partial charge in [0.15, 0.2) is 0 Å². The molecule has 0 aliphatic rings. The summed E-state index contributed by atoms with van der Waals surface area (Å²) < 4.78 is 6.42. The van der Waals surface area contributed by atoms with Gasteiger partial charge in [-0.05, 0) is 76.7 Å². The summed E-state index contributed by atoms with van der Waals surface area (Å²) >= 11 is 0. The molecule has 0 fully saturated rings. The van der Waals surface area contributed by atoms with Crippen LogP contribution in [-0.4, -0.2) is 33.9 Å². The van der Waals surface area contributed by atoms with Crippen LogP contribution in [0.2, 0.25) is 0 Å². The second kappa shape index (κ2) is 11.0. The number of carboxylic acid groups (broad SMARTS) is 2. The van der Waals surface area contributed by atoms with Gasteiger partial charge in [0.25, 0.3) is 0 Å². The van der Waals surface area contributed by atoms with E-state index in [9.17, 15) is 24.9 Å². The van der Waals surface area contributed by atoms with Crippen molar-refractivity contribution in [1.82, 2.24) is 0 Å². The molecule has 37 heavy (non-hydrogen) atoms. The van der Waals surface area contributed by atoms with Crippen LogP contribution in [0.1, 0.15) is 41.0 Å². The van der Waals surface area contributed by atoms with Gasteiger partial charge in [-0.15, -0.1) is 0 Å². The van der Waals surface area contributed by atoms with Gasteiger partial charge in [0.1, 0.15) is 11.5 Å². The summed E-state index contributed by atoms with van der Waals surface area (Å²) in [5.41, 5.74) is 5.25. The van der Waals surface area contributed by atoms with E-state index in [4.69, 9.17) is 4.74 Å². The third-order valence-electron chi connectivity index (χ3n) is 6.38. The highest BCUT2D eigenvalue weighted by Crippen LogP contribution is 2.43.